The molecular weight excluding hydrogens is 250 g/mol. The van der Waals surface area contributed by atoms with Crippen LogP contribution in [-0.2, 0) is 16.0 Å². The maximum Gasteiger partial charge on any atom is 0.233 e. The summed E-state index contributed by atoms with van der Waals surface area (Å²) < 4.78 is 0. The quantitative estimate of drug-likeness (QED) is 0.621. The number of allylic oxidation sites excluding steroid dienone is 2. The van der Waals surface area contributed by atoms with Gasteiger partial charge in [-0.25, -0.2) is 0 Å². The zero-order valence-corrected chi connectivity index (χ0v) is 11.2. The SMILES string of the molecule is O=C1[C@@H]2[C@H](C(=O)N1CCc1ccccc1)[C@H]1C=C[C@H]2C1. The van der Waals surface area contributed by atoms with Crippen molar-refractivity contribution >= 4 is 11.8 Å². The molecule has 1 saturated heterocycles. The predicted octanol–water partition coefficient (Wildman–Crippen LogP) is 2.04. The average molecular weight is 267 g/mol. The van der Waals surface area contributed by atoms with Gasteiger partial charge < -0.3 is 0 Å². The summed E-state index contributed by atoms with van der Waals surface area (Å²) in [5.74, 6) is 0.619. The smallest absolute Gasteiger partial charge is 0.233 e. The standard InChI is InChI=1S/C17H17NO2/c19-16-14-12-6-7-13(10-12)15(14)17(20)18(16)9-8-11-4-2-1-3-5-11/h1-7,12-15H,8-10H2/t12-,13-,14-,15+/m0/s1. The second kappa shape index (κ2) is 4.30. The van der Waals surface area contributed by atoms with E-state index in [-0.39, 0.29) is 23.7 Å². The molecule has 20 heavy (non-hydrogen) atoms. The molecule has 4 atom stereocenters. The Morgan fingerprint density at radius 1 is 0.950 bits per heavy atom. The van der Waals surface area contributed by atoms with E-state index in [1.807, 2.05) is 30.3 Å². The summed E-state index contributed by atoms with van der Waals surface area (Å²) in [6.07, 6.45) is 6.02. The van der Waals surface area contributed by atoms with Crippen LogP contribution in [0.15, 0.2) is 42.5 Å². The zero-order chi connectivity index (χ0) is 13.7. The number of rotatable bonds is 3. The van der Waals surface area contributed by atoms with E-state index in [0.29, 0.717) is 18.4 Å². The van der Waals surface area contributed by atoms with Crippen molar-refractivity contribution in [3.8, 4) is 0 Å². The molecule has 102 valence electrons. The van der Waals surface area contributed by atoms with Gasteiger partial charge in [-0.3, -0.25) is 14.5 Å². The van der Waals surface area contributed by atoms with E-state index in [9.17, 15) is 9.59 Å². The second-order valence-electron chi connectivity index (χ2n) is 6.06. The van der Waals surface area contributed by atoms with E-state index in [4.69, 9.17) is 0 Å². The van der Waals surface area contributed by atoms with Crippen molar-refractivity contribution in [2.75, 3.05) is 6.54 Å². The van der Waals surface area contributed by atoms with Crippen LogP contribution in [-0.4, -0.2) is 23.3 Å². The fourth-order valence-corrected chi connectivity index (χ4v) is 4.07. The molecule has 2 fully saturated rings. The van der Waals surface area contributed by atoms with Gasteiger partial charge in [0.1, 0.15) is 0 Å². The van der Waals surface area contributed by atoms with Crippen molar-refractivity contribution in [2.24, 2.45) is 23.7 Å². The van der Waals surface area contributed by atoms with Gasteiger partial charge in [-0.15, -0.1) is 0 Å². The van der Waals surface area contributed by atoms with Crippen LogP contribution in [0.4, 0.5) is 0 Å². The van der Waals surface area contributed by atoms with Crippen LogP contribution in [0.2, 0.25) is 0 Å². The van der Waals surface area contributed by atoms with E-state index in [0.717, 1.165) is 12.8 Å². The Balaban J connectivity index is 1.51. The monoisotopic (exact) mass is 267 g/mol. The number of imide groups is 1. The van der Waals surface area contributed by atoms with Gasteiger partial charge in [0.05, 0.1) is 11.8 Å². The topological polar surface area (TPSA) is 37.4 Å². The lowest BCUT2D eigenvalue weighted by Crippen LogP contribution is -2.34. The number of amides is 2. The van der Waals surface area contributed by atoms with Crippen LogP contribution in [0.3, 0.4) is 0 Å². The first kappa shape index (κ1) is 11.9. The van der Waals surface area contributed by atoms with Crippen LogP contribution in [0, 0.1) is 23.7 Å². The molecule has 3 heteroatoms. The molecule has 1 aromatic rings. The van der Waals surface area contributed by atoms with Crippen molar-refractivity contribution in [1.29, 1.82) is 0 Å². The third-order valence-corrected chi connectivity index (χ3v) is 5.03. The molecule has 4 rings (SSSR count). The molecular formula is C17H17NO2. The third kappa shape index (κ3) is 1.59. The molecule has 1 aromatic carbocycles. The van der Waals surface area contributed by atoms with Crippen LogP contribution in [0.1, 0.15) is 12.0 Å². The molecule has 0 N–H and O–H groups in total. The summed E-state index contributed by atoms with van der Waals surface area (Å²) in [5.41, 5.74) is 1.17. The lowest BCUT2D eigenvalue weighted by Gasteiger charge is -2.17. The summed E-state index contributed by atoms with van der Waals surface area (Å²) in [7, 11) is 0. The highest BCUT2D eigenvalue weighted by molar-refractivity contribution is 6.06. The normalized spacial score (nSPS) is 34.1. The molecule has 2 bridgehead atoms. The van der Waals surface area contributed by atoms with Crippen molar-refractivity contribution in [1.82, 2.24) is 4.90 Å². The van der Waals surface area contributed by atoms with Crippen molar-refractivity contribution in [3.63, 3.8) is 0 Å². The first-order valence-electron chi connectivity index (χ1n) is 7.33. The fraction of sp³-hybridized carbons (Fsp3) is 0.412. The minimum atomic E-state index is -0.0618. The lowest BCUT2D eigenvalue weighted by molar-refractivity contribution is -0.140. The number of carbonyl (C=O) groups is 2. The van der Waals surface area contributed by atoms with Crippen molar-refractivity contribution in [2.45, 2.75) is 12.8 Å². The number of hydrogen-bond donors (Lipinski definition) is 0. The van der Waals surface area contributed by atoms with E-state index in [1.54, 1.807) is 0 Å². The van der Waals surface area contributed by atoms with Crippen LogP contribution < -0.4 is 0 Å². The molecule has 2 amide bonds. The van der Waals surface area contributed by atoms with Crippen LogP contribution >= 0.6 is 0 Å². The van der Waals surface area contributed by atoms with Crippen molar-refractivity contribution < 1.29 is 9.59 Å². The van der Waals surface area contributed by atoms with Gasteiger partial charge in [-0.05, 0) is 30.2 Å². The van der Waals surface area contributed by atoms with Crippen LogP contribution in [0.5, 0.6) is 0 Å². The molecule has 1 saturated carbocycles. The van der Waals surface area contributed by atoms with E-state index < -0.39 is 0 Å². The molecule has 3 aliphatic rings. The van der Waals surface area contributed by atoms with Crippen LogP contribution in [0.25, 0.3) is 0 Å². The Bertz CT molecular complexity index is 562. The summed E-state index contributed by atoms with van der Waals surface area (Å²) >= 11 is 0. The number of hydrogen-bond acceptors (Lipinski definition) is 2. The van der Waals surface area contributed by atoms with Crippen molar-refractivity contribution in [3.05, 3.63) is 48.0 Å². The van der Waals surface area contributed by atoms with E-state index >= 15 is 0 Å². The van der Waals surface area contributed by atoms with Gasteiger partial charge in [0.25, 0.3) is 0 Å². The van der Waals surface area contributed by atoms with Gasteiger partial charge in [-0.1, -0.05) is 42.5 Å². The minimum absolute atomic E-state index is 0.0618. The third-order valence-electron chi connectivity index (χ3n) is 5.03. The lowest BCUT2D eigenvalue weighted by atomic mass is 9.85. The Kier molecular flexibility index (Phi) is 2.56. The van der Waals surface area contributed by atoms with E-state index in [2.05, 4.69) is 12.2 Å². The first-order chi connectivity index (χ1) is 9.75. The number of carbonyl (C=O) groups excluding carboxylic acids is 2. The van der Waals surface area contributed by atoms with Gasteiger partial charge >= 0.3 is 0 Å². The zero-order valence-electron chi connectivity index (χ0n) is 11.2. The maximum absolute atomic E-state index is 12.5. The van der Waals surface area contributed by atoms with E-state index in [1.165, 1.54) is 10.5 Å². The Labute approximate surface area is 118 Å². The number of fused-ring (bicyclic) bond motifs is 5. The highest BCUT2D eigenvalue weighted by Gasteiger charge is 2.58. The largest absolute Gasteiger partial charge is 0.282 e. The maximum atomic E-state index is 12.5. The number of benzene rings is 1. The molecule has 3 nitrogen and oxygen atoms in total. The highest BCUT2D eigenvalue weighted by atomic mass is 16.2. The van der Waals surface area contributed by atoms with Gasteiger partial charge in [-0.2, -0.15) is 0 Å². The molecule has 1 aliphatic heterocycles. The molecule has 0 unspecified atom stereocenters. The Morgan fingerprint density at radius 3 is 2.15 bits per heavy atom. The summed E-state index contributed by atoms with van der Waals surface area (Å²) in [5, 5.41) is 0. The van der Waals surface area contributed by atoms with Gasteiger partial charge in [0.2, 0.25) is 11.8 Å². The fourth-order valence-electron chi connectivity index (χ4n) is 4.07. The summed E-state index contributed by atoms with van der Waals surface area (Å²) in [6.45, 7) is 0.522. The second-order valence-corrected chi connectivity index (χ2v) is 6.06. The minimum Gasteiger partial charge on any atom is -0.282 e. The molecule has 0 radical (unpaired) electrons. The molecule has 2 aliphatic carbocycles. The summed E-state index contributed by atoms with van der Waals surface area (Å²) in [6, 6.07) is 10.0. The predicted molar refractivity (Wildman–Crippen MR) is 74.6 cm³/mol. The van der Waals surface area contributed by atoms with Gasteiger partial charge in [0.15, 0.2) is 0 Å². The highest BCUT2D eigenvalue weighted by Crippen LogP contribution is 2.52. The molecule has 1 heterocycles. The van der Waals surface area contributed by atoms with Gasteiger partial charge in [0, 0.05) is 6.54 Å². The first-order valence-corrected chi connectivity index (χ1v) is 7.33. The molecule has 0 spiro atoms. The number of nitrogens with zero attached hydrogens (tertiary/aromatic N) is 1. The summed E-state index contributed by atoms with van der Waals surface area (Å²) in [4.78, 5) is 26.5. The Hall–Kier alpha value is -1.90. The average Bonchev–Trinajstić information content (AvgIpc) is 3.13. The Morgan fingerprint density at radius 2 is 1.55 bits per heavy atom. The molecule has 0 aromatic heterocycles. The number of likely N-dealkylation sites (tertiary alicyclic amines) is 1.